The number of carbonyl (C=O) groups excluding carboxylic acids is 1. The van der Waals surface area contributed by atoms with Gasteiger partial charge in [-0.25, -0.2) is 4.79 Å². The van der Waals surface area contributed by atoms with E-state index >= 15 is 0 Å². The van der Waals surface area contributed by atoms with E-state index in [1.54, 1.807) is 0 Å². The molecule has 1 aliphatic carbocycles. The minimum Gasteiger partial charge on any atom is -0.442 e. The van der Waals surface area contributed by atoms with Gasteiger partial charge in [-0.2, -0.15) is 0 Å². The predicted molar refractivity (Wildman–Crippen MR) is 132 cm³/mol. The maximum absolute atomic E-state index is 12.6. The molecular formula is C30H26O3. The van der Waals surface area contributed by atoms with Gasteiger partial charge in [0.25, 0.3) is 0 Å². The van der Waals surface area contributed by atoms with E-state index < -0.39 is 12.1 Å². The average molecular weight is 435 g/mol. The Bertz CT molecular complexity index is 1240. The smallest absolute Gasteiger partial charge is 0.333 e. The van der Waals surface area contributed by atoms with Gasteiger partial charge in [-0.3, -0.25) is 0 Å². The van der Waals surface area contributed by atoms with Gasteiger partial charge in [0.15, 0.2) is 6.10 Å². The summed E-state index contributed by atoms with van der Waals surface area (Å²) in [5, 5.41) is 2.27. The molecule has 0 spiro atoms. The van der Waals surface area contributed by atoms with Gasteiger partial charge in [0, 0.05) is 12.8 Å². The summed E-state index contributed by atoms with van der Waals surface area (Å²) in [4.78, 5) is 12.6. The summed E-state index contributed by atoms with van der Waals surface area (Å²) < 4.78 is 11.3. The Morgan fingerprint density at radius 1 is 0.909 bits per heavy atom. The van der Waals surface area contributed by atoms with Crippen LogP contribution in [0.5, 0.6) is 0 Å². The highest BCUT2D eigenvalue weighted by atomic mass is 16.6. The standard InChI is InChI=1S/C30H26O3/c31-30(23-32-22-24-13-6-5-7-14-24)33-29-20-9-4-2-1-3-8-16-27(29)21-26-18-12-17-25-15-10-11-19-28(25)26/h5-7,10-15,17-19,21,29H,1-4,22-23H2/b27-21-. The Morgan fingerprint density at radius 2 is 1.67 bits per heavy atom. The van der Waals surface area contributed by atoms with E-state index in [1.165, 1.54) is 0 Å². The summed E-state index contributed by atoms with van der Waals surface area (Å²) in [5.41, 5.74) is 2.72. The molecule has 3 aromatic rings. The van der Waals surface area contributed by atoms with Crippen LogP contribution in [0.3, 0.4) is 0 Å². The van der Waals surface area contributed by atoms with Crippen LogP contribution in [0.4, 0.5) is 0 Å². The second-order valence-electron chi connectivity index (χ2n) is 7.85. The van der Waals surface area contributed by atoms with E-state index in [2.05, 4.69) is 41.9 Å². The molecule has 0 heterocycles. The monoisotopic (exact) mass is 434 g/mol. The van der Waals surface area contributed by atoms with Crippen molar-refractivity contribution in [1.82, 2.24) is 0 Å². The summed E-state index contributed by atoms with van der Waals surface area (Å²) >= 11 is 0. The Kier molecular flexibility index (Phi) is 7.96. The number of ether oxygens (including phenoxy) is 2. The first-order chi connectivity index (χ1) is 16.3. The highest BCUT2D eigenvalue weighted by molar-refractivity contribution is 5.91. The second kappa shape index (κ2) is 11.7. The molecule has 0 N–H and O–H groups in total. The van der Waals surface area contributed by atoms with Crippen molar-refractivity contribution in [3.63, 3.8) is 0 Å². The molecule has 0 fully saturated rings. The van der Waals surface area contributed by atoms with E-state index in [1.807, 2.05) is 60.7 Å². The zero-order valence-corrected chi connectivity index (χ0v) is 18.6. The fraction of sp³-hybridized carbons (Fsp3) is 0.233. The van der Waals surface area contributed by atoms with Crippen molar-refractivity contribution in [2.45, 2.75) is 38.4 Å². The molecule has 0 bridgehead atoms. The first-order valence-corrected chi connectivity index (χ1v) is 11.3. The molecule has 1 aliphatic rings. The molecule has 0 amide bonds. The van der Waals surface area contributed by atoms with E-state index in [0.717, 1.165) is 47.6 Å². The summed E-state index contributed by atoms with van der Waals surface area (Å²) in [6.45, 7) is 0.215. The lowest BCUT2D eigenvalue weighted by atomic mass is 10.00. The van der Waals surface area contributed by atoms with E-state index in [4.69, 9.17) is 9.47 Å². The molecule has 3 nitrogen and oxygen atoms in total. The fourth-order valence-electron chi connectivity index (χ4n) is 3.64. The first-order valence-electron chi connectivity index (χ1n) is 11.3. The van der Waals surface area contributed by atoms with E-state index in [-0.39, 0.29) is 6.61 Å². The van der Waals surface area contributed by atoms with Crippen LogP contribution in [0.25, 0.3) is 16.8 Å². The molecule has 0 aromatic heterocycles. The lowest BCUT2D eigenvalue weighted by Crippen LogP contribution is -2.22. The molecular weight excluding hydrogens is 408 g/mol. The summed E-state index contributed by atoms with van der Waals surface area (Å²) in [6.07, 6.45) is 4.85. The predicted octanol–water partition coefficient (Wildman–Crippen LogP) is 5.93. The Morgan fingerprint density at radius 3 is 2.55 bits per heavy atom. The SMILES string of the molecule is O=C(COCc1ccccc1)OC1C#CCCCCC#C/C1=C/c1cccc2ccccc12. The average Bonchev–Trinajstić information content (AvgIpc) is 2.85. The molecule has 1 atom stereocenters. The van der Waals surface area contributed by atoms with Crippen molar-refractivity contribution in [2.24, 2.45) is 0 Å². The quantitative estimate of drug-likeness (QED) is 0.356. The second-order valence-corrected chi connectivity index (χ2v) is 7.85. The third kappa shape index (κ3) is 6.59. The largest absolute Gasteiger partial charge is 0.442 e. The van der Waals surface area contributed by atoms with Crippen molar-refractivity contribution in [3.8, 4) is 23.7 Å². The van der Waals surface area contributed by atoms with Gasteiger partial charge in [-0.15, -0.1) is 0 Å². The molecule has 0 saturated heterocycles. The number of fused-ring (bicyclic) bond motifs is 1. The lowest BCUT2D eigenvalue weighted by molar-refractivity contribution is -0.150. The van der Waals surface area contributed by atoms with Gasteiger partial charge in [-0.1, -0.05) is 96.5 Å². The van der Waals surface area contributed by atoms with Crippen LogP contribution in [0.15, 0.2) is 78.4 Å². The number of hydrogen-bond acceptors (Lipinski definition) is 3. The maximum atomic E-state index is 12.6. The molecule has 3 heteroatoms. The van der Waals surface area contributed by atoms with Gasteiger partial charge in [0.2, 0.25) is 0 Å². The van der Waals surface area contributed by atoms with Gasteiger partial charge in [-0.05, 0) is 40.8 Å². The number of rotatable bonds is 6. The zero-order chi connectivity index (χ0) is 22.7. The fourth-order valence-corrected chi connectivity index (χ4v) is 3.64. The highest BCUT2D eigenvalue weighted by Crippen LogP contribution is 2.22. The number of carbonyl (C=O) groups is 1. The molecule has 1 unspecified atom stereocenters. The van der Waals surface area contributed by atoms with Crippen LogP contribution in [0.1, 0.15) is 36.8 Å². The third-order valence-electron chi connectivity index (χ3n) is 5.32. The summed E-state index contributed by atoms with van der Waals surface area (Å²) in [7, 11) is 0. The van der Waals surface area contributed by atoms with Crippen molar-refractivity contribution < 1.29 is 14.3 Å². The Balaban J connectivity index is 1.55. The molecule has 0 saturated carbocycles. The van der Waals surface area contributed by atoms with E-state index in [9.17, 15) is 4.79 Å². The first kappa shape index (κ1) is 22.4. The van der Waals surface area contributed by atoms with Gasteiger partial charge >= 0.3 is 5.97 Å². The van der Waals surface area contributed by atoms with Crippen molar-refractivity contribution in [1.29, 1.82) is 0 Å². The maximum Gasteiger partial charge on any atom is 0.333 e. The zero-order valence-electron chi connectivity index (χ0n) is 18.6. The minimum atomic E-state index is -0.720. The number of benzene rings is 3. The van der Waals surface area contributed by atoms with Crippen LogP contribution < -0.4 is 0 Å². The number of hydrogen-bond donors (Lipinski definition) is 0. The molecule has 164 valence electrons. The molecule has 0 radical (unpaired) electrons. The molecule has 3 aromatic carbocycles. The van der Waals surface area contributed by atoms with Crippen LogP contribution >= 0.6 is 0 Å². The van der Waals surface area contributed by atoms with Crippen LogP contribution in [0, 0.1) is 23.7 Å². The van der Waals surface area contributed by atoms with Crippen molar-refractivity contribution >= 4 is 22.8 Å². The minimum absolute atomic E-state index is 0.137. The normalized spacial score (nSPS) is 16.8. The molecule has 0 aliphatic heterocycles. The summed E-state index contributed by atoms with van der Waals surface area (Å²) in [5.74, 6) is 12.3. The van der Waals surface area contributed by atoms with Crippen LogP contribution in [-0.2, 0) is 20.9 Å². The summed E-state index contributed by atoms with van der Waals surface area (Å²) in [6, 6.07) is 24.1. The molecule has 4 rings (SSSR count). The Labute approximate surface area is 195 Å². The molecule has 33 heavy (non-hydrogen) atoms. The lowest BCUT2D eigenvalue weighted by Gasteiger charge is -2.14. The van der Waals surface area contributed by atoms with Gasteiger partial charge in [0.05, 0.1) is 12.2 Å². The Hall–Kier alpha value is -3.79. The third-order valence-corrected chi connectivity index (χ3v) is 5.32. The topological polar surface area (TPSA) is 35.5 Å². The van der Waals surface area contributed by atoms with E-state index in [0.29, 0.717) is 12.2 Å². The van der Waals surface area contributed by atoms with Crippen molar-refractivity contribution in [3.05, 3.63) is 89.5 Å². The van der Waals surface area contributed by atoms with Crippen LogP contribution in [0.2, 0.25) is 0 Å². The van der Waals surface area contributed by atoms with Crippen LogP contribution in [-0.4, -0.2) is 18.7 Å². The number of esters is 1. The highest BCUT2D eigenvalue weighted by Gasteiger charge is 2.17. The van der Waals surface area contributed by atoms with Gasteiger partial charge in [0.1, 0.15) is 6.61 Å². The van der Waals surface area contributed by atoms with Gasteiger partial charge < -0.3 is 9.47 Å². The van der Waals surface area contributed by atoms with Crippen molar-refractivity contribution in [2.75, 3.05) is 6.61 Å².